The van der Waals surface area contributed by atoms with Crippen molar-refractivity contribution in [2.24, 2.45) is 0 Å². The molecule has 4 rings (SSSR count). The van der Waals surface area contributed by atoms with Gasteiger partial charge in [-0.3, -0.25) is 0 Å². The first-order chi connectivity index (χ1) is 13.4. The molecule has 0 atom stereocenters. The van der Waals surface area contributed by atoms with Crippen LogP contribution in [0.3, 0.4) is 0 Å². The first-order valence-electron chi connectivity index (χ1n) is 9.13. The minimum atomic E-state index is 0.640. The van der Waals surface area contributed by atoms with Crippen molar-refractivity contribution in [3.8, 4) is 0 Å². The van der Waals surface area contributed by atoms with E-state index in [2.05, 4.69) is 22.3 Å². The number of hydrogen-bond donors (Lipinski definition) is 2. The molecule has 0 saturated heterocycles. The number of aromatic nitrogens is 2. The molecule has 3 N–H and O–H groups in total. The van der Waals surface area contributed by atoms with Crippen molar-refractivity contribution in [1.29, 1.82) is 0 Å². The molecule has 0 bridgehead atoms. The van der Waals surface area contributed by atoms with E-state index in [9.17, 15) is 0 Å². The Morgan fingerprint density at radius 1 is 0.679 bits per heavy atom. The van der Waals surface area contributed by atoms with Crippen LogP contribution in [0.25, 0.3) is 22.1 Å². The van der Waals surface area contributed by atoms with Crippen LogP contribution in [-0.2, 0) is 0 Å². The number of nitrogens with zero attached hydrogens (tertiary/aromatic N) is 4. The molecule has 0 spiro atoms. The molecule has 28 heavy (non-hydrogen) atoms. The van der Waals surface area contributed by atoms with E-state index in [0.717, 1.165) is 44.8 Å². The minimum absolute atomic E-state index is 0.640. The van der Waals surface area contributed by atoms with Gasteiger partial charge in [0, 0.05) is 45.3 Å². The lowest BCUT2D eigenvalue weighted by Crippen LogP contribution is -2.08. The van der Waals surface area contributed by atoms with E-state index in [-0.39, 0.29) is 0 Å². The molecule has 0 aliphatic heterocycles. The van der Waals surface area contributed by atoms with Gasteiger partial charge in [0.15, 0.2) is 0 Å². The van der Waals surface area contributed by atoms with Gasteiger partial charge in [0.25, 0.3) is 0 Å². The van der Waals surface area contributed by atoms with Gasteiger partial charge < -0.3 is 20.9 Å². The van der Waals surface area contributed by atoms with Gasteiger partial charge in [-0.15, -0.1) is 0 Å². The molecule has 0 radical (unpaired) electrons. The van der Waals surface area contributed by atoms with E-state index in [0.29, 0.717) is 5.69 Å². The van der Waals surface area contributed by atoms with Crippen LogP contribution in [0.4, 0.5) is 28.4 Å². The molecular weight excluding hydrogens is 348 g/mol. The van der Waals surface area contributed by atoms with Crippen molar-refractivity contribution < 1.29 is 0 Å². The Balaban J connectivity index is 1.72. The Labute approximate surface area is 164 Å². The molecule has 6 nitrogen and oxygen atoms in total. The summed E-state index contributed by atoms with van der Waals surface area (Å²) in [5.74, 6) is 0. The average Bonchev–Trinajstić information content (AvgIpc) is 2.67. The van der Waals surface area contributed by atoms with E-state index >= 15 is 0 Å². The summed E-state index contributed by atoms with van der Waals surface area (Å²) in [6, 6.07) is 18.1. The third-order valence-corrected chi connectivity index (χ3v) is 4.77. The molecule has 6 heteroatoms. The van der Waals surface area contributed by atoms with Crippen LogP contribution in [0.2, 0.25) is 0 Å². The summed E-state index contributed by atoms with van der Waals surface area (Å²) in [6.45, 7) is 0. The Bertz CT molecular complexity index is 1150. The molecule has 4 aromatic rings. The highest BCUT2D eigenvalue weighted by Gasteiger charge is 2.08. The van der Waals surface area contributed by atoms with Crippen LogP contribution in [0, 0.1) is 0 Å². The van der Waals surface area contributed by atoms with Gasteiger partial charge in [-0.2, -0.15) is 0 Å². The minimum Gasteiger partial charge on any atom is -0.397 e. The topological polar surface area (TPSA) is 70.3 Å². The first-order valence-corrected chi connectivity index (χ1v) is 9.13. The highest BCUT2D eigenvalue weighted by molar-refractivity contribution is 5.93. The highest BCUT2D eigenvalue weighted by Crippen LogP contribution is 2.29. The zero-order chi connectivity index (χ0) is 19.8. The van der Waals surface area contributed by atoms with Crippen molar-refractivity contribution in [1.82, 2.24) is 9.97 Å². The molecule has 0 unspecified atom stereocenters. The predicted molar refractivity (Wildman–Crippen MR) is 120 cm³/mol. The van der Waals surface area contributed by atoms with Gasteiger partial charge >= 0.3 is 0 Å². The lowest BCUT2D eigenvalue weighted by atomic mass is 10.2. The largest absolute Gasteiger partial charge is 0.397 e. The number of nitrogens with one attached hydrogen (secondary N) is 1. The SMILES string of the molecule is CN(C)c1ccc(Nc2cc3nc4ccc(N(C)C)cc4nc3cc2N)cc1. The summed E-state index contributed by atoms with van der Waals surface area (Å²) in [5.41, 5.74) is 14.3. The fourth-order valence-electron chi connectivity index (χ4n) is 3.11. The molecule has 1 aromatic heterocycles. The van der Waals surface area contributed by atoms with Crippen molar-refractivity contribution in [3.05, 3.63) is 54.6 Å². The van der Waals surface area contributed by atoms with Crippen LogP contribution >= 0.6 is 0 Å². The molecule has 0 saturated carbocycles. The zero-order valence-corrected chi connectivity index (χ0v) is 16.6. The van der Waals surface area contributed by atoms with E-state index in [1.165, 1.54) is 0 Å². The van der Waals surface area contributed by atoms with Crippen LogP contribution in [0.15, 0.2) is 54.6 Å². The molecule has 0 amide bonds. The van der Waals surface area contributed by atoms with E-state index in [4.69, 9.17) is 15.7 Å². The van der Waals surface area contributed by atoms with Gasteiger partial charge in [0.2, 0.25) is 0 Å². The molecule has 1 heterocycles. The molecule has 0 aliphatic rings. The molecule has 3 aromatic carbocycles. The second-order valence-corrected chi connectivity index (χ2v) is 7.29. The van der Waals surface area contributed by atoms with Gasteiger partial charge in [0.05, 0.1) is 33.4 Å². The number of hydrogen-bond acceptors (Lipinski definition) is 6. The number of nitrogens with two attached hydrogens (primary N) is 1. The third-order valence-electron chi connectivity index (χ3n) is 4.77. The van der Waals surface area contributed by atoms with Crippen LogP contribution in [0.5, 0.6) is 0 Å². The standard InChI is InChI=1S/C22H24N6/c1-27(2)15-7-5-14(6-8-15)24-19-13-22-21(12-17(19)23)26-20-11-16(28(3)4)9-10-18(20)25-22/h5-13,24H,23H2,1-4H3. The second-order valence-electron chi connectivity index (χ2n) is 7.29. The van der Waals surface area contributed by atoms with Crippen LogP contribution < -0.4 is 20.9 Å². The lowest BCUT2D eigenvalue weighted by Gasteiger charge is -2.15. The molecule has 0 fully saturated rings. The number of rotatable bonds is 4. The maximum atomic E-state index is 6.29. The van der Waals surface area contributed by atoms with Crippen molar-refractivity contribution in [2.75, 3.05) is 49.0 Å². The van der Waals surface area contributed by atoms with Crippen molar-refractivity contribution in [3.63, 3.8) is 0 Å². The number of fused-ring (bicyclic) bond motifs is 2. The molecule has 142 valence electrons. The summed E-state index contributed by atoms with van der Waals surface area (Å²) < 4.78 is 0. The Kier molecular flexibility index (Phi) is 4.39. The van der Waals surface area contributed by atoms with E-state index < -0.39 is 0 Å². The number of anilines is 5. The maximum Gasteiger partial charge on any atom is 0.0916 e. The monoisotopic (exact) mass is 372 g/mol. The Morgan fingerprint density at radius 3 is 1.93 bits per heavy atom. The predicted octanol–water partition coefficient (Wildman–Crippen LogP) is 4.24. The Hall–Kier alpha value is -3.54. The third kappa shape index (κ3) is 3.36. The summed E-state index contributed by atoms with van der Waals surface area (Å²) in [7, 11) is 8.07. The normalized spacial score (nSPS) is 11.0. The summed E-state index contributed by atoms with van der Waals surface area (Å²) in [5, 5.41) is 3.38. The van der Waals surface area contributed by atoms with Crippen molar-refractivity contribution in [2.45, 2.75) is 0 Å². The lowest BCUT2D eigenvalue weighted by molar-refractivity contribution is 1.13. The summed E-state index contributed by atoms with van der Waals surface area (Å²) in [4.78, 5) is 13.6. The first kappa shape index (κ1) is 17.9. The number of nitrogen functional groups attached to an aromatic ring is 1. The summed E-state index contributed by atoms with van der Waals surface area (Å²) in [6.07, 6.45) is 0. The number of benzene rings is 3. The smallest absolute Gasteiger partial charge is 0.0916 e. The fourth-order valence-corrected chi connectivity index (χ4v) is 3.11. The zero-order valence-electron chi connectivity index (χ0n) is 16.6. The van der Waals surface area contributed by atoms with E-state index in [1.54, 1.807) is 0 Å². The highest BCUT2D eigenvalue weighted by atomic mass is 15.1. The van der Waals surface area contributed by atoms with Gasteiger partial charge in [0.1, 0.15) is 0 Å². The van der Waals surface area contributed by atoms with Gasteiger partial charge in [-0.1, -0.05) is 0 Å². The summed E-state index contributed by atoms with van der Waals surface area (Å²) >= 11 is 0. The van der Waals surface area contributed by atoms with Gasteiger partial charge in [-0.25, -0.2) is 9.97 Å². The van der Waals surface area contributed by atoms with Crippen LogP contribution in [-0.4, -0.2) is 38.2 Å². The Morgan fingerprint density at radius 2 is 1.25 bits per heavy atom. The fraction of sp³-hybridized carbons (Fsp3) is 0.182. The molecular formula is C22H24N6. The van der Waals surface area contributed by atoms with Crippen LogP contribution in [0.1, 0.15) is 0 Å². The maximum absolute atomic E-state index is 6.29. The van der Waals surface area contributed by atoms with E-state index in [1.807, 2.05) is 75.6 Å². The quantitative estimate of drug-likeness (QED) is 0.412. The second kappa shape index (κ2) is 6.88. The van der Waals surface area contributed by atoms with Crippen molar-refractivity contribution >= 4 is 50.5 Å². The molecule has 0 aliphatic carbocycles. The van der Waals surface area contributed by atoms with Gasteiger partial charge in [-0.05, 0) is 54.6 Å². The average molecular weight is 372 g/mol.